The van der Waals surface area contributed by atoms with Crippen molar-refractivity contribution in [2.45, 2.75) is 19.9 Å². The van der Waals surface area contributed by atoms with Crippen LogP contribution in [0.3, 0.4) is 0 Å². The van der Waals surface area contributed by atoms with Crippen LogP contribution in [0, 0.1) is 0 Å². The van der Waals surface area contributed by atoms with Gasteiger partial charge in [-0.3, -0.25) is 19.4 Å². The average molecular weight is 412 g/mol. The lowest BCUT2D eigenvalue weighted by molar-refractivity contribution is -0.117. The molecule has 0 aliphatic carbocycles. The van der Waals surface area contributed by atoms with Gasteiger partial charge in [0.2, 0.25) is 5.91 Å². The van der Waals surface area contributed by atoms with Crippen molar-refractivity contribution >= 4 is 28.2 Å². The van der Waals surface area contributed by atoms with Crippen molar-refractivity contribution in [1.82, 2.24) is 14.8 Å². The van der Waals surface area contributed by atoms with Gasteiger partial charge in [-0.2, -0.15) is 5.10 Å². The van der Waals surface area contributed by atoms with Crippen molar-refractivity contribution in [2.24, 2.45) is 0 Å². The summed E-state index contributed by atoms with van der Waals surface area (Å²) in [7, 11) is 0. The third-order valence-electron chi connectivity index (χ3n) is 4.91. The summed E-state index contributed by atoms with van der Waals surface area (Å²) in [6.07, 6.45) is 3.91. The van der Waals surface area contributed by atoms with Crippen LogP contribution in [-0.2, 0) is 17.8 Å². The Morgan fingerprint density at radius 1 is 0.968 bits per heavy atom. The predicted molar refractivity (Wildman–Crippen MR) is 118 cm³/mol. The largest absolute Gasteiger partial charge is 0.324 e. The Morgan fingerprint density at radius 2 is 1.71 bits per heavy atom. The molecule has 7 nitrogen and oxygen atoms in total. The molecule has 0 unspecified atom stereocenters. The van der Waals surface area contributed by atoms with Gasteiger partial charge in [0.1, 0.15) is 6.54 Å². The van der Waals surface area contributed by atoms with Crippen molar-refractivity contribution in [3.63, 3.8) is 0 Å². The van der Waals surface area contributed by atoms with E-state index in [4.69, 9.17) is 0 Å². The molecule has 0 radical (unpaired) electrons. The van der Waals surface area contributed by atoms with Crippen molar-refractivity contribution in [1.29, 1.82) is 0 Å². The molecule has 1 amide bonds. The van der Waals surface area contributed by atoms with Gasteiger partial charge in [0.15, 0.2) is 5.78 Å². The minimum Gasteiger partial charge on any atom is -0.324 e. The van der Waals surface area contributed by atoms with Crippen molar-refractivity contribution < 1.29 is 9.59 Å². The predicted octanol–water partition coefficient (Wildman–Crippen LogP) is 3.22. The average Bonchev–Trinajstić information content (AvgIpc) is 2.78. The second-order valence-corrected chi connectivity index (χ2v) is 7.17. The Labute approximate surface area is 178 Å². The fourth-order valence-electron chi connectivity index (χ4n) is 3.39. The van der Waals surface area contributed by atoms with Gasteiger partial charge in [0.05, 0.1) is 11.1 Å². The molecule has 0 aliphatic rings. The van der Waals surface area contributed by atoms with Gasteiger partial charge in [-0.1, -0.05) is 30.3 Å². The summed E-state index contributed by atoms with van der Waals surface area (Å²) in [6, 6.07) is 17.7. The summed E-state index contributed by atoms with van der Waals surface area (Å²) in [6.45, 7) is 1.22. The highest BCUT2D eigenvalue weighted by Crippen LogP contribution is 2.17. The lowest BCUT2D eigenvalue weighted by Gasteiger charge is -2.12. The van der Waals surface area contributed by atoms with Gasteiger partial charge < -0.3 is 5.32 Å². The summed E-state index contributed by atoms with van der Waals surface area (Å²) < 4.78 is 1.18. The number of carbonyl (C=O) groups excluding carboxylic acids is 2. The molecule has 0 fully saturated rings. The molecule has 4 aromatic rings. The topological polar surface area (TPSA) is 93.9 Å². The van der Waals surface area contributed by atoms with E-state index < -0.39 is 5.91 Å². The van der Waals surface area contributed by atoms with E-state index in [2.05, 4.69) is 15.4 Å². The first-order valence-electron chi connectivity index (χ1n) is 9.80. The number of carbonyl (C=O) groups is 2. The van der Waals surface area contributed by atoms with E-state index in [0.717, 1.165) is 10.9 Å². The molecular formula is C24H20N4O3. The summed E-state index contributed by atoms with van der Waals surface area (Å²) in [5, 5.41) is 8.49. The zero-order valence-corrected chi connectivity index (χ0v) is 16.9. The Bertz CT molecular complexity index is 1330. The number of pyridine rings is 1. The summed E-state index contributed by atoms with van der Waals surface area (Å²) in [5.41, 5.74) is 2.36. The number of fused-ring (bicyclic) bond motifs is 1. The summed E-state index contributed by atoms with van der Waals surface area (Å²) in [5.74, 6) is -0.496. The molecule has 0 saturated heterocycles. The van der Waals surface area contributed by atoms with E-state index in [1.807, 2.05) is 24.3 Å². The fourth-order valence-corrected chi connectivity index (χ4v) is 3.39. The Kier molecular flexibility index (Phi) is 5.66. The van der Waals surface area contributed by atoms with Crippen LogP contribution in [0.25, 0.3) is 10.8 Å². The maximum absolute atomic E-state index is 12.9. The van der Waals surface area contributed by atoms with E-state index in [-0.39, 0.29) is 17.9 Å². The molecule has 0 atom stereocenters. The van der Waals surface area contributed by atoms with Crippen LogP contribution < -0.4 is 10.9 Å². The van der Waals surface area contributed by atoms with Gasteiger partial charge in [0, 0.05) is 35.5 Å². The molecule has 0 saturated carbocycles. The van der Waals surface area contributed by atoms with Gasteiger partial charge in [-0.25, -0.2) is 4.68 Å². The molecule has 2 heterocycles. The highest BCUT2D eigenvalue weighted by Gasteiger charge is 2.14. The fraction of sp³-hybridized carbons (Fsp3) is 0.125. The summed E-state index contributed by atoms with van der Waals surface area (Å²) >= 11 is 0. The lowest BCUT2D eigenvalue weighted by atomic mass is 10.1. The number of nitrogens with one attached hydrogen (secondary N) is 1. The Balaban J connectivity index is 1.65. The van der Waals surface area contributed by atoms with Crippen LogP contribution in [-0.4, -0.2) is 26.5 Å². The number of nitrogens with zero attached hydrogens (tertiary/aromatic N) is 3. The molecule has 4 rings (SSSR count). The second-order valence-electron chi connectivity index (χ2n) is 7.17. The van der Waals surface area contributed by atoms with E-state index in [9.17, 15) is 14.4 Å². The smallest absolute Gasteiger partial charge is 0.275 e. The molecule has 0 spiro atoms. The van der Waals surface area contributed by atoms with Gasteiger partial charge in [-0.15, -0.1) is 0 Å². The first-order valence-corrected chi connectivity index (χ1v) is 9.80. The molecule has 0 aliphatic heterocycles. The molecular weight excluding hydrogens is 392 g/mol. The first-order chi connectivity index (χ1) is 15.0. The van der Waals surface area contributed by atoms with Gasteiger partial charge in [0.25, 0.3) is 5.56 Å². The maximum Gasteiger partial charge on any atom is 0.275 e. The van der Waals surface area contributed by atoms with Gasteiger partial charge >= 0.3 is 0 Å². The highest BCUT2D eigenvalue weighted by molar-refractivity contribution is 5.97. The number of benzene rings is 2. The van der Waals surface area contributed by atoms with Crippen molar-refractivity contribution in [3.8, 4) is 0 Å². The van der Waals surface area contributed by atoms with Crippen LogP contribution in [0.1, 0.15) is 28.5 Å². The normalized spacial score (nSPS) is 10.7. The monoisotopic (exact) mass is 412 g/mol. The Morgan fingerprint density at radius 3 is 2.45 bits per heavy atom. The molecule has 154 valence electrons. The van der Waals surface area contributed by atoms with E-state index in [1.165, 1.54) is 11.6 Å². The molecule has 2 aromatic heterocycles. The quantitative estimate of drug-likeness (QED) is 0.491. The van der Waals surface area contributed by atoms with Crippen molar-refractivity contribution in [3.05, 3.63) is 100 Å². The third-order valence-corrected chi connectivity index (χ3v) is 4.91. The molecule has 1 N–H and O–H groups in total. The zero-order chi connectivity index (χ0) is 21.8. The number of Topliss-reactive ketones (excluding diaryl/α,β-unsaturated/α-hetero) is 1. The van der Waals surface area contributed by atoms with E-state index in [1.54, 1.807) is 48.8 Å². The van der Waals surface area contributed by atoms with Crippen LogP contribution >= 0.6 is 0 Å². The number of rotatable bonds is 6. The lowest BCUT2D eigenvalue weighted by Crippen LogP contribution is -2.30. The highest BCUT2D eigenvalue weighted by atomic mass is 16.2. The number of aromatic nitrogens is 3. The standard InChI is InChI=1S/C24H20N4O3/c1-16(29)18-5-4-6-19(14-18)26-23(30)15-28-24(31)21-8-3-2-7-20(21)22(27-28)13-17-9-11-25-12-10-17/h2-12,14H,13,15H2,1H3,(H,26,30). The molecule has 2 aromatic carbocycles. The maximum atomic E-state index is 12.9. The minimum absolute atomic E-state index is 0.0933. The summed E-state index contributed by atoms with van der Waals surface area (Å²) in [4.78, 5) is 41.1. The van der Waals surface area contributed by atoms with Crippen LogP contribution in [0.2, 0.25) is 0 Å². The molecule has 7 heteroatoms. The van der Waals surface area contributed by atoms with Crippen LogP contribution in [0.15, 0.2) is 77.9 Å². The van der Waals surface area contributed by atoms with Crippen LogP contribution in [0.4, 0.5) is 5.69 Å². The minimum atomic E-state index is -0.402. The van der Waals surface area contributed by atoms with Gasteiger partial charge in [-0.05, 0) is 42.8 Å². The number of ketones is 1. The Hall–Kier alpha value is -4.13. The number of hydrogen-bond acceptors (Lipinski definition) is 5. The second kappa shape index (κ2) is 8.71. The van der Waals surface area contributed by atoms with Crippen LogP contribution in [0.5, 0.6) is 0 Å². The number of hydrogen-bond donors (Lipinski definition) is 1. The van der Waals surface area contributed by atoms with E-state index >= 15 is 0 Å². The molecule has 31 heavy (non-hydrogen) atoms. The first kappa shape index (κ1) is 20.2. The number of amides is 1. The third kappa shape index (κ3) is 4.56. The zero-order valence-electron chi connectivity index (χ0n) is 16.9. The van der Waals surface area contributed by atoms with E-state index in [0.29, 0.717) is 28.8 Å². The van der Waals surface area contributed by atoms with Crippen molar-refractivity contribution in [2.75, 3.05) is 5.32 Å². The number of anilines is 1. The molecule has 0 bridgehead atoms. The SMILES string of the molecule is CC(=O)c1cccc(NC(=O)Cn2nc(Cc3ccncc3)c3ccccc3c2=O)c1.